The zero-order chi connectivity index (χ0) is 31.0. The molecule has 216 valence electrons. The summed E-state index contributed by atoms with van der Waals surface area (Å²) in [4.78, 5) is 27.8. The summed E-state index contributed by atoms with van der Waals surface area (Å²) in [7, 11) is 0. The summed E-state index contributed by atoms with van der Waals surface area (Å²) < 4.78 is 0. The second-order valence-electron chi connectivity index (χ2n) is 14.1. The third-order valence-corrected chi connectivity index (χ3v) is 9.18. The molecule has 0 spiro atoms. The lowest BCUT2D eigenvalue weighted by atomic mass is 9.84. The van der Waals surface area contributed by atoms with Gasteiger partial charge in [0.1, 0.15) is 0 Å². The fraction of sp³-hybridized carbons (Fsp3) is 0.190. The molecule has 2 heteroatoms. The predicted molar refractivity (Wildman–Crippen MR) is 185 cm³/mol. The van der Waals surface area contributed by atoms with Crippen LogP contribution in [0.25, 0.3) is 43.1 Å². The molecule has 0 unspecified atom stereocenters. The summed E-state index contributed by atoms with van der Waals surface area (Å²) in [6.45, 7) is 13.1. The maximum Gasteiger partial charge on any atom is 0.193 e. The smallest absolute Gasteiger partial charge is 0.193 e. The molecule has 44 heavy (non-hydrogen) atoms. The topological polar surface area (TPSA) is 34.1 Å². The van der Waals surface area contributed by atoms with Crippen molar-refractivity contribution in [1.82, 2.24) is 0 Å². The molecule has 0 saturated carbocycles. The van der Waals surface area contributed by atoms with Gasteiger partial charge in [-0.2, -0.15) is 0 Å². The number of ketones is 2. The Bertz CT molecular complexity index is 2050. The standard InChI is InChI=1S/C42H36O2/c1-41(2,3)27-17-13-25(14-18-27)39(43)35-23-21-33-30-10-8-12-32-36(40(44)26-15-19-28(20-16-26)42(4,5)6)24-22-34(38(30)32)29-9-7-11-31(35)37(29)33/h7-24H,1-6H3. The molecule has 0 aliphatic heterocycles. The first-order valence-electron chi connectivity index (χ1n) is 15.4. The third kappa shape index (κ3) is 4.40. The highest BCUT2D eigenvalue weighted by molar-refractivity contribution is 6.36. The normalized spacial score (nSPS) is 12.5. The van der Waals surface area contributed by atoms with Crippen molar-refractivity contribution in [3.63, 3.8) is 0 Å². The Morgan fingerprint density at radius 1 is 0.386 bits per heavy atom. The van der Waals surface area contributed by atoms with E-state index in [1.807, 2.05) is 48.5 Å². The first kappa shape index (κ1) is 28.0. The summed E-state index contributed by atoms with van der Waals surface area (Å²) in [6.07, 6.45) is 0. The number of carbonyl (C=O) groups is 2. The molecule has 0 saturated heterocycles. The van der Waals surface area contributed by atoms with Gasteiger partial charge in [-0.05, 0) is 77.2 Å². The van der Waals surface area contributed by atoms with Crippen LogP contribution >= 0.6 is 0 Å². The van der Waals surface area contributed by atoms with Crippen molar-refractivity contribution in [3.8, 4) is 0 Å². The molecule has 2 nitrogen and oxygen atoms in total. The molecule has 0 bridgehead atoms. The Balaban J connectivity index is 1.39. The number of benzene rings is 7. The predicted octanol–water partition coefficient (Wildman–Crippen LogP) is 10.8. The van der Waals surface area contributed by atoms with Crippen molar-refractivity contribution in [1.29, 1.82) is 0 Å². The minimum Gasteiger partial charge on any atom is -0.289 e. The highest BCUT2D eigenvalue weighted by atomic mass is 16.1. The first-order valence-corrected chi connectivity index (χ1v) is 15.4. The van der Waals surface area contributed by atoms with E-state index in [2.05, 4.69) is 102 Å². The van der Waals surface area contributed by atoms with Gasteiger partial charge in [0.2, 0.25) is 0 Å². The zero-order valence-electron chi connectivity index (χ0n) is 26.2. The lowest BCUT2D eigenvalue weighted by Gasteiger charge is -2.20. The van der Waals surface area contributed by atoms with Crippen LogP contribution in [0.1, 0.15) is 84.5 Å². The molecule has 0 radical (unpaired) electrons. The maximum absolute atomic E-state index is 13.9. The number of hydrogen-bond donors (Lipinski definition) is 0. The van der Waals surface area contributed by atoms with Crippen LogP contribution in [-0.2, 0) is 10.8 Å². The summed E-state index contributed by atoms with van der Waals surface area (Å²) in [5.74, 6) is 0.0492. The monoisotopic (exact) mass is 572 g/mol. The first-order chi connectivity index (χ1) is 20.9. The molecule has 7 aromatic rings. The highest BCUT2D eigenvalue weighted by Gasteiger charge is 2.22. The van der Waals surface area contributed by atoms with Crippen LogP contribution in [0, 0.1) is 0 Å². The van der Waals surface area contributed by atoms with E-state index in [-0.39, 0.29) is 22.4 Å². The van der Waals surface area contributed by atoms with Gasteiger partial charge < -0.3 is 0 Å². The minimum absolute atomic E-state index is 0.0246. The summed E-state index contributed by atoms with van der Waals surface area (Å²) in [5, 5.41) is 8.43. The van der Waals surface area contributed by atoms with Gasteiger partial charge in [0.25, 0.3) is 0 Å². The van der Waals surface area contributed by atoms with E-state index < -0.39 is 0 Å². The number of fused-ring (bicyclic) bond motifs is 2. The summed E-state index contributed by atoms with van der Waals surface area (Å²) in [6, 6.07) is 36.6. The molecule has 0 aromatic heterocycles. The fourth-order valence-electron chi connectivity index (χ4n) is 6.66. The van der Waals surface area contributed by atoms with Gasteiger partial charge in [-0.15, -0.1) is 0 Å². The summed E-state index contributed by atoms with van der Waals surface area (Å²) >= 11 is 0. The average molecular weight is 573 g/mol. The molecule has 0 aliphatic rings. The van der Waals surface area contributed by atoms with Crippen molar-refractivity contribution in [2.45, 2.75) is 52.4 Å². The van der Waals surface area contributed by atoms with Crippen LogP contribution in [0.2, 0.25) is 0 Å². The van der Waals surface area contributed by atoms with Crippen molar-refractivity contribution in [2.75, 3.05) is 0 Å². The Morgan fingerprint density at radius 3 is 1.05 bits per heavy atom. The number of hydrogen-bond acceptors (Lipinski definition) is 2. The van der Waals surface area contributed by atoms with E-state index >= 15 is 0 Å². The fourth-order valence-corrected chi connectivity index (χ4v) is 6.66. The van der Waals surface area contributed by atoms with E-state index in [4.69, 9.17) is 0 Å². The van der Waals surface area contributed by atoms with Crippen molar-refractivity contribution < 1.29 is 9.59 Å². The molecular weight excluding hydrogens is 536 g/mol. The molecule has 0 aliphatic carbocycles. The van der Waals surface area contributed by atoms with Gasteiger partial charge in [-0.25, -0.2) is 0 Å². The van der Waals surface area contributed by atoms with Crippen molar-refractivity contribution in [2.24, 2.45) is 0 Å². The SMILES string of the molecule is CC(C)(C)c1ccc(C(=O)c2ccc3c4cccc5c(C(=O)c6ccc(C(C)(C)C)cc6)ccc(c6cccc2c63)c54)cc1. The molecule has 0 heterocycles. The lowest BCUT2D eigenvalue weighted by Crippen LogP contribution is -2.11. The largest absolute Gasteiger partial charge is 0.289 e. The molecule has 7 aromatic carbocycles. The van der Waals surface area contributed by atoms with Gasteiger partial charge in [0, 0.05) is 22.3 Å². The van der Waals surface area contributed by atoms with Crippen LogP contribution < -0.4 is 0 Å². The molecule has 0 amide bonds. The Hall–Kier alpha value is -4.82. The molecule has 0 atom stereocenters. The van der Waals surface area contributed by atoms with Gasteiger partial charge in [-0.1, -0.05) is 139 Å². The Morgan fingerprint density at radius 2 is 0.705 bits per heavy atom. The van der Waals surface area contributed by atoms with E-state index in [0.29, 0.717) is 22.3 Å². The highest BCUT2D eigenvalue weighted by Crippen LogP contribution is 2.42. The second-order valence-corrected chi connectivity index (χ2v) is 14.1. The van der Waals surface area contributed by atoms with E-state index in [0.717, 1.165) is 43.1 Å². The van der Waals surface area contributed by atoms with Crippen molar-refractivity contribution in [3.05, 3.63) is 143 Å². The Labute approximate surface area is 258 Å². The Kier molecular flexibility index (Phi) is 6.27. The number of rotatable bonds is 4. The van der Waals surface area contributed by atoms with E-state index in [1.54, 1.807) is 0 Å². The third-order valence-electron chi connectivity index (χ3n) is 9.18. The summed E-state index contributed by atoms with van der Waals surface area (Å²) in [5.41, 5.74) is 5.25. The lowest BCUT2D eigenvalue weighted by molar-refractivity contribution is 0.103. The number of carbonyl (C=O) groups excluding carboxylic acids is 2. The minimum atomic E-state index is 0.0246. The maximum atomic E-state index is 13.9. The average Bonchev–Trinajstić information content (AvgIpc) is 3.02. The van der Waals surface area contributed by atoms with E-state index in [1.165, 1.54) is 11.1 Å². The van der Waals surface area contributed by atoms with Crippen LogP contribution in [0.3, 0.4) is 0 Å². The van der Waals surface area contributed by atoms with Crippen molar-refractivity contribution >= 4 is 54.7 Å². The molecule has 0 fully saturated rings. The van der Waals surface area contributed by atoms with Crippen LogP contribution in [0.15, 0.2) is 109 Å². The van der Waals surface area contributed by atoms with Crippen LogP contribution in [-0.4, -0.2) is 11.6 Å². The van der Waals surface area contributed by atoms with Gasteiger partial charge >= 0.3 is 0 Å². The van der Waals surface area contributed by atoms with Gasteiger partial charge in [-0.3, -0.25) is 9.59 Å². The zero-order valence-corrected chi connectivity index (χ0v) is 26.2. The van der Waals surface area contributed by atoms with E-state index in [9.17, 15) is 9.59 Å². The molecular formula is C42H36O2. The quantitative estimate of drug-likeness (QED) is 0.119. The second kappa shape index (κ2) is 9.86. The molecule has 7 rings (SSSR count). The van der Waals surface area contributed by atoms with Gasteiger partial charge in [0.05, 0.1) is 0 Å². The van der Waals surface area contributed by atoms with Crippen LogP contribution in [0.4, 0.5) is 0 Å². The van der Waals surface area contributed by atoms with Crippen LogP contribution in [0.5, 0.6) is 0 Å². The molecule has 0 N–H and O–H groups in total. The van der Waals surface area contributed by atoms with Gasteiger partial charge in [0.15, 0.2) is 11.6 Å².